The molecule has 1 heterocycles. The molecule has 38 heavy (non-hydrogen) atoms. The molecule has 1 unspecified atom stereocenters. The van der Waals surface area contributed by atoms with Crippen LogP contribution >= 0.6 is 0 Å². The smallest absolute Gasteiger partial charge is 0.307 e. The number of aliphatic carboxylic acids is 1. The third-order valence-electron chi connectivity index (χ3n) is 7.34. The predicted octanol–water partition coefficient (Wildman–Crippen LogP) is 3.94. The highest BCUT2D eigenvalue weighted by Gasteiger charge is 2.38. The van der Waals surface area contributed by atoms with E-state index < -0.39 is 41.3 Å². The monoisotopic (exact) mass is 526 g/mol. The molecule has 204 valence electrons. The quantitative estimate of drug-likeness (QED) is 0.321. The molecule has 10 nitrogen and oxygen atoms in total. The van der Waals surface area contributed by atoms with Crippen molar-refractivity contribution < 1.29 is 39.5 Å². The van der Waals surface area contributed by atoms with Gasteiger partial charge in [0.1, 0.15) is 29.0 Å². The molecule has 1 aliphatic heterocycles. The van der Waals surface area contributed by atoms with Crippen LogP contribution in [-0.2, 0) is 16.1 Å². The van der Waals surface area contributed by atoms with Crippen molar-refractivity contribution in [2.24, 2.45) is 11.8 Å². The molecular formula is C28H34N2O8. The summed E-state index contributed by atoms with van der Waals surface area (Å²) in [6.45, 7) is 0.581. The second-order valence-electron chi connectivity index (χ2n) is 10.0. The Labute approximate surface area is 220 Å². The molecule has 1 amide bonds. The third-order valence-corrected chi connectivity index (χ3v) is 7.34. The van der Waals surface area contributed by atoms with E-state index in [-0.39, 0.29) is 23.8 Å². The van der Waals surface area contributed by atoms with Gasteiger partial charge in [-0.2, -0.15) is 5.01 Å². The first-order valence-corrected chi connectivity index (χ1v) is 13.0. The normalized spacial score (nSPS) is 22.4. The van der Waals surface area contributed by atoms with Gasteiger partial charge >= 0.3 is 5.97 Å². The van der Waals surface area contributed by atoms with Crippen LogP contribution in [-0.4, -0.2) is 55.9 Å². The van der Waals surface area contributed by atoms with E-state index in [4.69, 9.17) is 4.74 Å². The zero-order valence-corrected chi connectivity index (χ0v) is 21.1. The molecule has 2 aromatic carbocycles. The number of carboxylic acids is 1. The summed E-state index contributed by atoms with van der Waals surface area (Å²) in [5.74, 6) is -4.33. The number of rotatable bonds is 8. The Morgan fingerprint density at radius 2 is 1.50 bits per heavy atom. The van der Waals surface area contributed by atoms with Gasteiger partial charge in [-0.15, -0.1) is 0 Å². The first-order valence-electron chi connectivity index (χ1n) is 13.0. The Balaban J connectivity index is 1.44. The highest BCUT2D eigenvalue weighted by molar-refractivity contribution is 6.04. The van der Waals surface area contributed by atoms with Crippen molar-refractivity contribution >= 4 is 17.7 Å². The minimum absolute atomic E-state index is 0.00696. The van der Waals surface area contributed by atoms with Gasteiger partial charge in [0, 0.05) is 18.0 Å². The number of phenols is 3. The zero-order chi connectivity index (χ0) is 27.2. The van der Waals surface area contributed by atoms with E-state index in [1.165, 1.54) is 36.4 Å². The van der Waals surface area contributed by atoms with Crippen molar-refractivity contribution in [3.63, 3.8) is 0 Å². The van der Waals surface area contributed by atoms with Gasteiger partial charge in [0.2, 0.25) is 0 Å². The van der Waals surface area contributed by atoms with E-state index >= 15 is 0 Å². The van der Waals surface area contributed by atoms with E-state index in [9.17, 15) is 34.8 Å². The number of nitrogens with zero attached hydrogens (tertiary/aromatic N) is 1. The highest BCUT2D eigenvalue weighted by Crippen LogP contribution is 2.38. The van der Waals surface area contributed by atoms with Crippen molar-refractivity contribution in [3.8, 4) is 17.2 Å². The van der Waals surface area contributed by atoms with Gasteiger partial charge in [0.25, 0.3) is 5.91 Å². The molecule has 4 rings (SSSR count). The number of carbonyl (C=O) groups is 3. The lowest BCUT2D eigenvalue weighted by Gasteiger charge is -2.30. The van der Waals surface area contributed by atoms with Gasteiger partial charge < -0.3 is 25.2 Å². The van der Waals surface area contributed by atoms with Crippen LogP contribution in [0.15, 0.2) is 36.4 Å². The number of amides is 1. The van der Waals surface area contributed by atoms with Gasteiger partial charge in [0.15, 0.2) is 5.78 Å². The molecule has 2 fully saturated rings. The number of aromatic hydroxyl groups is 3. The number of ether oxygens (including phenoxy) is 1. The van der Waals surface area contributed by atoms with Crippen molar-refractivity contribution in [2.45, 2.75) is 64.2 Å². The Hall–Kier alpha value is -3.63. The Kier molecular flexibility index (Phi) is 8.85. The van der Waals surface area contributed by atoms with Crippen LogP contribution in [0.5, 0.6) is 17.2 Å². The molecule has 10 heteroatoms. The van der Waals surface area contributed by atoms with E-state index in [1.807, 2.05) is 0 Å². The molecule has 1 saturated carbocycles. The second-order valence-corrected chi connectivity index (χ2v) is 10.0. The van der Waals surface area contributed by atoms with Crippen molar-refractivity contribution in [2.75, 3.05) is 6.54 Å². The minimum atomic E-state index is -1.04. The van der Waals surface area contributed by atoms with Gasteiger partial charge in [-0.1, -0.05) is 19.3 Å². The minimum Gasteiger partial charge on any atom is -0.508 e. The molecule has 0 spiro atoms. The molecule has 2 aromatic rings. The second kappa shape index (κ2) is 12.3. The van der Waals surface area contributed by atoms with Crippen molar-refractivity contribution in [1.29, 1.82) is 0 Å². The number of carbonyl (C=O) groups excluding carboxylic acids is 2. The number of Topliss-reactive ketones (excluding diaryl/α,β-unsaturated/α-hetero) is 1. The number of carboxylic acid groups (broad SMARTS) is 1. The van der Waals surface area contributed by atoms with Crippen molar-refractivity contribution in [3.05, 3.63) is 53.1 Å². The van der Waals surface area contributed by atoms with Crippen LogP contribution < -0.4 is 5.43 Å². The number of hydrogen-bond donors (Lipinski definition) is 5. The maximum absolute atomic E-state index is 13.1. The van der Waals surface area contributed by atoms with E-state index in [2.05, 4.69) is 5.43 Å². The van der Waals surface area contributed by atoms with Gasteiger partial charge in [-0.25, -0.2) is 0 Å². The maximum Gasteiger partial charge on any atom is 0.307 e. The fourth-order valence-electron chi connectivity index (χ4n) is 5.31. The summed E-state index contributed by atoms with van der Waals surface area (Å²) in [7, 11) is 0. The topological polar surface area (TPSA) is 157 Å². The van der Waals surface area contributed by atoms with E-state index in [0.717, 1.165) is 32.1 Å². The van der Waals surface area contributed by atoms with Crippen LogP contribution in [0.25, 0.3) is 0 Å². The number of hydrazine groups is 1. The van der Waals surface area contributed by atoms with E-state index in [1.54, 1.807) is 5.01 Å². The summed E-state index contributed by atoms with van der Waals surface area (Å²) in [4.78, 5) is 37.5. The zero-order valence-electron chi connectivity index (χ0n) is 21.1. The SMILES string of the molecule is O=C(NN1CCCCCC1OCc1cc(O)c(C(=O)[C@@H]2CCCC[C@H]2C(=O)O)c(O)c1)c1ccc(O)cc1. The maximum atomic E-state index is 13.1. The molecule has 3 atom stereocenters. The first kappa shape index (κ1) is 27.4. The predicted molar refractivity (Wildman–Crippen MR) is 137 cm³/mol. The van der Waals surface area contributed by atoms with E-state index in [0.29, 0.717) is 36.9 Å². The molecule has 1 saturated heterocycles. The first-order chi connectivity index (χ1) is 18.2. The van der Waals surface area contributed by atoms with Crippen LogP contribution in [0.4, 0.5) is 0 Å². The number of ketones is 1. The third kappa shape index (κ3) is 6.43. The molecule has 0 bridgehead atoms. The lowest BCUT2D eigenvalue weighted by atomic mass is 9.75. The average Bonchev–Trinajstić information content (AvgIpc) is 3.12. The molecule has 5 N–H and O–H groups in total. The molecule has 2 aliphatic rings. The molecule has 0 aromatic heterocycles. The summed E-state index contributed by atoms with van der Waals surface area (Å²) in [5.41, 5.74) is 3.44. The summed E-state index contributed by atoms with van der Waals surface area (Å²) >= 11 is 0. The molecular weight excluding hydrogens is 492 g/mol. The summed E-state index contributed by atoms with van der Waals surface area (Å²) in [5, 5.41) is 42.0. The van der Waals surface area contributed by atoms with Crippen LogP contribution in [0.1, 0.15) is 77.6 Å². The molecule has 0 radical (unpaired) electrons. The van der Waals surface area contributed by atoms with Gasteiger partial charge in [-0.05, 0) is 74.1 Å². The lowest BCUT2D eigenvalue weighted by Crippen LogP contribution is -2.49. The Morgan fingerprint density at radius 1 is 0.868 bits per heavy atom. The number of phenolic OH excluding ortho intramolecular Hbond substituents is 3. The fraction of sp³-hybridized carbons (Fsp3) is 0.464. The number of nitrogens with one attached hydrogen (secondary N) is 1. The summed E-state index contributed by atoms with van der Waals surface area (Å²) in [6, 6.07) is 8.63. The largest absolute Gasteiger partial charge is 0.508 e. The van der Waals surface area contributed by atoms with Crippen LogP contribution in [0, 0.1) is 11.8 Å². The fourth-order valence-corrected chi connectivity index (χ4v) is 5.31. The molecule has 1 aliphatic carbocycles. The summed E-state index contributed by atoms with van der Waals surface area (Å²) in [6.07, 6.45) is 5.16. The lowest BCUT2D eigenvalue weighted by molar-refractivity contribution is -0.144. The van der Waals surface area contributed by atoms with Crippen LogP contribution in [0.3, 0.4) is 0 Å². The number of benzene rings is 2. The highest BCUT2D eigenvalue weighted by atomic mass is 16.5. The van der Waals surface area contributed by atoms with Gasteiger partial charge in [0.05, 0.1) is 12.5 Å². The van der Waals surface area contributed by atoms with Gasteiger partial charge in [-0.3, -0.25) is 19.8 Å². The number of hydrogen-bond acceptors (Lipinski definition) is 8. The van der Waals surface area contributed by atoms with Crippen molar-refractivity contribution in [1.82, 2.24) is 10.4 Å². The average molecular weight is 527 g/mol. The standard InChI is InChI=1S/C28H34N2O8/c31-19-11-9-18(10-12-19)27(35)29-30-13-5-1-2-8-24(30)38-16-17-14-22(32)25(23(33)15-17)26(34)20-6-3-4-7-21(20)28(36)37/h9-12,14-15,20-21,24,31-33H,1-8,13,16H2,(H,29,35)(H,36,37)/t20-,21-,24?/m1/s1. The Bertz CT molecular complexity index is 1140. The summed E-state index contributed by atoms with van der Waals surface area (Å²) < 4.78 is 6.08. The Morgan fingerprint density at radius 3 is 2.16 bits per heavy atom. The van der Waals surface area contributed by atoms with Crippen LogP contribution in [0.2, 0.25) is 0 Å².